The highest BCUT2D eigenvalue weighted by atomic mass is 32.2. The Balaban J connectivity index is 1.37. The summed E-state index contributed by atoms with van der Waals surface area (Å²) in [5.41, 5.74) is 1.18. The first-order chi connectivity index (χ1) is 14.9. The summed E-state index contributed by atoms with van der Waals surface area (Å²) in [6.07, 6.45) is 0.593. The molecule has 1 aromatic heterocycles. The molecule has 1 amide bonds. The van der Waals surface area contributed by atoms with Crippen molar-refractivity contribution in [3.63, 3.8) is 0 Å². The standard InChI is InChI=1S/C22H23N3O5S/c1-16(30-22(27)19-15-23-20-10-6-5-9-18(19)20)21(26)24-11-13-25(14-12-24)31(28,29)17-7-3-2-4-8-17/h2-10,15-16,23H,11-14H2,1H3. The number of nitrogens with zero attached hydrogens (tertiary/aromatic N) is 2. The van der Waals surface area contributed by atoms with Gasteiger partial charge >= 0.3 is 5.97 Å². The molecule has 3 aromatic rings. The van der Waals surface area contributed by atoms with Gasteiger partial charge in [-0.3, -0.25) is 4.79 Å². The third-order valence-corrected chi connectivity index (χ3v) is 7.28. The summed E-state index contributed by atoms with van der Waals surface area (Å²) in [7, 11) is -3.59. The van der Waals surface area contributed by atoms with E-state index in [1.165, 1.54) is 16.1 Å². The lowest BCUT2D eigenvalue weighted by Gasteiger charge is -2.35. The van der Waals surface area contributed by atoms with Crippen LogP contribution in [0.2, 0.25) is 0 Å². The van der Waals surface area contributed by atoms with Crippen LogP contribution in [-0.4, -0.2) is 66.8 Å². The van der Waals surface area contributed by atoms with Crippen LogP contribution >= 0.6 is 0 Å². The molecule has 0 bridgehead atoms. The largest absolute Gasteiger partial charge is 0.449 e. The molecule has 0 saturated carbocycles. The van der Waals surface area contributed by atoms with Crippen molar-refractivity contribution in [3.8, 4) is 0 Å². The predicted molar refractivity (Wildman–Crippen MR) is 115 cm³/mol. The maximum atomic E-state index is 12.8. The summed E-state index contributed by atoms with van der Waals surface area (Å²) in [6.45, 7) is 2.38. The molecule has 1 aliphatic rings. The Hall–Kier alpha value is -3.17. The molecule has 2 aromatic carbocycles. The van der Waals surface area contributed by atoms with E-state index >= 15 is 0 Å². The van der Waals surface area contributed by atoms with Crippen LogP contribution in [0.15, 0.2) is 65.7 Å². The number of hydrogen-bond acceptors (Lipinski definition) is 5. The molecule has 0 aliphatic carbocycles. The molecule has 0 radical (unpaired) electrons. The number of hydrogen-bond donors (Lipinski definition) is 1. The summed E-state index contributed by atoms with van der Waals surface area (Å²) in [4.78, 5) is 30.1. The van der Waals surface area contributed by atoms with Gasteiger partial charge in [-0.05, 0) is 25.1 Å². The van der Waals surface area contributed by atoms with Gasteiger partial charge in [0.1, 0.15) is 0 Å². The number of piperazine rings is 1. The summed E-state index contributed by atoms with van der Waals surface area (Å²) in [5.74, 6) is -0.923. The van der Waals surface area contributed by atoms with Crippen molar-refractivity contribution in [1.82, 2.24) is 14.2 Å². The molecule has 4 rings (SSSR count). The number of sulfonamides is 1. The maximum absolute atomic E-state index is 12.8. The van der Waals surface area contributed by atoms with Crippen LogP contribution in [0.3, 0.4) is 0 Å². The van der Waals surface area contributed by atoms with E-state index < -0.39 is 22.1 Å². The van der Waals surface area contributed by atoms with Crippen LogP contribution in [0, 0.1) is 0 Å². The molecule has 9 heteroatoms. The molecule has 1 saturated heterocycles. The normalized spacial score (nSPS) is 16.2. The molecular formula is C22H23N3O5S. The second-order valence-electron chi connectivity index (χ2n) is 7.34. The van der Waals surface area contributed by atoms with Gasteiger partial charge in [0.25, 0.3) is 5.91 Å². The van der Waals surface area contributed by atoms with Crippen LogP contribution in [0.1, 0.15) is 17.3 Å². The molecular weight excluding hydrogens is 418 g/mol. The maximum Gasteiger partial charge on any atom is 0.341 e. The highest BCUT2D eigenvalue weighted by Gasteiger charge is 2.32. The summed E-state index contributed by atoms with van der Waals surface area (Å²) < 4.78 is 32.2. The van der Waals surface area contributed by atoms with Gasteiger partial charge < -0.3 is 14.6 Å². The quantitative estimate of drug-likeness (QED) is 0.612. The lowest BCUT2D eigenvalue weighted by Crippen LogP contribution is -2.52. The number of H-pyrrole nitrogens is 1. The smallest absolute Gasteiger partial charge is 0.341 e. The number of carbonyl (C=O) groups excluding carboxylic acids is 2. The zero-order valence-electron chi connectivity index (χ0n) is 17.0. The molecule has 1 atom stereocenters. The van der Waals surface area contributed by atoms with Gasteiger partial charge in [-0.2, -0.15) is 4.31 Å². The fraction of sp³-hybridized carbons (Fsp3) is 0.273. The number of benzene rings is 2. The Labute approximate surface area is 180 Å². The van der Waals surface area contributed by atoms with Crippen LogP contribution in [0.5, 0.6) is 0 Å². The van der Waals surface area contributed by atoms with Crippen LogP contribution in [0.25, 0.3) is 10.9 Å². The molecule has 162 valence electrons. The molecule has 31 heavy (non-hydrogen) atoms. The van der Waals surface area contributed by atoms with Crippen molar-refractivity contribution >= 4 is 32.8 Å². The fourth-order valence-corrected chi connectivity index (χ4v) is 5.11. The van der Waals surface area contributed by atoms with Gasteiger partial charge in [-0.25, -0.2) is 13.2 Å². The first-order valence-electron chi connectivity index (χ1n) is 9.99. The fourth-order valence-electron chi connectivity index (χ4n) is 3.66. The van der Waals surface area contributed by atoms with Gasteiger partial charge in [0.05, 0.1) is 10.5 Å². The first kappa shape index (κ1) is 21.1. The number of para-hydroxylation sites is 1. The third-order valence-electron chi connectivity index (χ3n) is 5.37. The number of aromatic amines is 1. The molecule has 8 nitrogen and oxygen atoms in total. The van der Waals surface area contributed by atoms with E-state index in [-0.39, 0.29) is 37.0 Å². The molecule has 1 aliphatic heterocycles. The molecule has 1 fully saturated rings. The minimum atomic E-state index is -3.59. The lowest BCUT2D eigenvalue weighted by molar-refractivity contribution is -0.141. The predicted octanol–water partition coefficient (Wildman–Crippen LogP) is 2.25. The van der Waals surface area contributed by atoms with Gasteiger partial charge in [0.15, 0.2) is 6.10 Å². The van der Waals surface area contributed by atoms with Crippen molar-refractivity contribution in [3.05, 3.63) is 66.4 Å². The Morgan fingerprint density at radius 2 is 1.61 bits per heavy atom. The number of amides is 1. The number of nitrogens with one attached hydrogen (secondary N) is 1. The number of ether oxygens (including phenoxy) is 1. The van der Waals surface area contributed by atoms with Crippen molar-refractivity contribution < 1.29 is 22.7 Å². The second-order valence-corrected chi connectivity index (χ2v) is 9.28. The number of fused-ring (bicyclic) bond motifs is 1. The summed E-state index contributed by atoms with van der Waals surface area (Å²) in [5, 5.41) is 0.729. The van der Waals surface area contributed by atoms with Crippen LogP contribution < -0.4 is 0 Å². The van der Waals surface area contributed by atoms with E-state index in [4.69, 9.17) is 4.74 Å². The third kappa shape index (κ3) is 4.19. The highest BCUT2D eigenvalue weighted by molar-refractivity contribution is 7.89. The number of aromatic nitrogens is 1. The molecule has 1 N–H and O–H groups in total. The Bertz CT molecular complexity index is 1200. The monoisotopic (exact) mass is 441 g/mol. The van der Waals surface area contributed by atoms with E-state index in [0.29, 0.717) is 5.56 Å². The van der Waals surface area contributed by atoms with Gasteiger partial charge in [-0.1, -0.05) is 36.4 Å². The Morgan fingerprint density at radius 1 is 0.968 bits per heavy atom. The van der Waals surface area contributed by atoms with Gasteiger partial charge in [-0.15, -0.1) is 0 Å². The SMILES string of the molecule is CC(OC(=O)c1c[nH]c2ccccc12)C(=O)N1CCN(S(=O)(=O)c2ccccc2)CC1. The van der Waals surface area contributed by atoms with Crippen molar-refractivity contribution in [2.45, 2.75) is 17.9 Å². The molecule has 1 unspecified atom stereocenters. The average Bonchev–Trinajstić information content (AvgIpc) is 3.23. The van der Waals surface area contributed by atoms with E-state index in [1.54, 1.807) is 42.6 Å². The van der Waals surface area contributed by atoms with Crippen molar-refractivity contribution in [2.75, 3.05) is 26.2 Å². The van der Waals surface area contributed by atoms with E-state index in [1.807, 2.05) is 18.2 Å². The molecule has 2 heterocycles. The zero-order chi connectivity index (χ0) is 22.0. The van der Waals surface area contributed by atoms with Gasteiger partial charge in [0.2, 0.25) is 10.0 Å². The van der Waals surface area contributed by atoms with Crippen LogP contribution in [0.4, 0.5) is 0 Å². The van der Waals surface area contributed by atoms with Gasteiger partial charge in [0, 0.05) is 43.3 Å². The average molecular weight is 442 g/mol. The zero-order valence-corrected chi connectivity index (χ0v) is 17.8. The summed E-state index contributed by atoms with van der Waals surface area (Å²) >= 11 is 0. The Kier molecular flexibility index (Phi) is 5.79. The van der Waals surface area contributed by atoms with Crippen molar-refractivity contribution in [2.24, 2.45) is 0 Å². The Morgan fingerprint density at radius 3 is 2.32 bits per heavy atom. The number of esters is 1. The van der Waals surface area contributed by atoms with E-state index in [0.717, 1.165) is 10.9 Å². The van der Waals surface area contributed by atoms with Crippen LogP contribution in [-0.2, 0) is 19.6 Å². The highest BCUT2D eigenvalue weighted by Crippen LogP contribution is 2.20. The van der Waals surface area contributed by atoms with Crippen molar-refractivity contribution in [1.29, 1.82) is 0 Å². The van der Waals surface area contributed by atoms with E-state index in [9.17, 15) is 18.0 Å². The number of rotatable bonds is 5. The first-order valence-corrected chi connectivity index (χ1v) is 11.4. The lowest BCUT2D eigenvalue weighted by atomic mass is 10.2. The summed E-state index contributed by atoms with van der Waals surface area (Å²) in [6, 6.07) is 15.6. The van der Waals surface area contributed by atoms with E-state index in [2.05, 4.69) is 4.98 Å². The second kappa shape index (κ2) is 8.52. The minimum Gasteiger partial charge on any atom is -0.449 e. The minimum absolute atomic E-state index is 0.187. The topological polar surface area (TPSA) is 99.8 Å². The molecule has 0 spiro atoms. The number of carbonyl (C=O) groups is 2.